The van der Waals surface area contributed by atoms with Crippen molar-refractivity contribution in [1.82, 2.24) is 4.57 Å². The number of carbonyl (C=O) groups is 3. The Balaban J connectivity index is 2.07. The molecule has 0 N–H and O–H groups in total. The number of ketones is 1. The number of carbonyl (C=O) groups excluding carboxylic acids is 3. The van der Waals surface area contributed by atoms with Gasteiger partial charge in [-0.2, -0.15) is 0 Å². The quantitative estimate of drug-likeness (QED) is 0.338. The van der Waals surface area contributed by atoms with Crippen LogP contribution < -0.4 is 0 Å². The number of benzene rings is 1. The molecule has 7 nitrogen and oxygen atoms in total. The van der Waals surface area contributed by atoms with Crippen molar-refractivity contribution in [2.45, 2.75) is 38.0 Å². The summed E-state index contributed by atoms with van der Waals surface area (Å²) in [6.07, 6.45) is 1.56. The summed E-state index contributed by atoms with van der Waals surface area (Å²) >= 11 is 0. The highest BCUT2D eigenvalue weighted by atomic mass is 16.6. The average molecular weight is 370 g/mol. The lowest BCUT2D eigenvalue weighted by atomic mass is 9.71. The number of para-hydroxylation sites is 1. The van der Waals surface area contributed by atoms with E-state index in [0.29, 0.717) is 19.3 Å². The van der Waals surface area contributed by atoms with Gasteiger partial charge in [0.1, 0.15) is 7.11 Å². The first-order valence-electron chi connectivity index (χ1n) is 8.84. The van der Waals surface area contributed by atoms with Gasteiger partial charge in [-0.25, -0.2) is 4.79 Å². The number of hydrogen-bond acceptors (Lipinski definition) is 6. The number of esters is 1. The van der Waals surface area contributed by atoms with Gasteiger partial charge in [-0.3, -0.25) is 14.2 Å². The fraction of sp³-hybridized carbons (Fsp3) is 0.400. The Morgan fingerprint density at radius 1 is 1.26 bits per heavy atom. The van der Waals surface area contributed by atoms with Gasteiger partial charge in [0, 0.05) is 29.3 Å². The van der Waals surface area contributed by atoms with E-state index in [1.807, 2.05) is 37.3 Å². The molecule has 0 unspecified atom stereocenters. The molecule has 3 rings (SSSR count). The van der Waals surface area contributed by atoms with Gasteiger partial charge in [0.15, 0.2) is 5.78 Å². The SMILES string of the molecule is CC[C@@]1(CC(=O)/C(=N/OC)C(=O)OC)CCC(=O)n2c1cc1ccccc12. The molecule has 1 aromatic heterocycles. The van der Waals surface area contributed by atoms with E-state index in [2.05, 4.69) is 14.7 Å². The Hall–Kier alpha value is -2.96. The normalized spacial score (nSPS) is 19.7. The van der Waals surface area contributed by atoms with Gasteiger partial charge in [0.2, 0.25) is 11.6 Å². The Bertz CT molecular complexity index is 943. The molecule has 142 valence electrons. The third-order valence-electron chi connectivity index (χ3n) is 5.32. The molecule has 1 atom stereocenters. The Labute approximate surface area is 156 Å². The van der Waals surface area contributed by atoms with Gasteiger partial charge in [-0.15, -0.1) is 0 Å². The summed E-state index contributed by atoms with van der Waals surface area (Å²) < 4.78 is 6.36. The van der Waals surface area contributed by atoms with E-state index in [-0.39, 0.29) is 18.0 Å². The molecule has 1 aliphatic rings. The average Bonchev–Trinajstić information content (AvgIpc) is 3.09. The second-order valence-electron chi connectivity index (χ2n) is 6.67. The van der Waals surface area contributed by atoms with E-state index in [1.165, 1.54) is 14.2 Å². The molecule has 0 radical (unpaired) electrons. The number of oxime groups is 1. The van der Waals surface area contributed by atoms with Crippen molar-refractivity contribution in [2.24, 2.45) is 5.16 Å². The fourth-order valence-electron chi connectivity index (χ4n) is 3.84. The number of nitrogens with zero attached hydrogens (tertiary/aromatic N) is 2. The highest BCUT2D eigenvalue weighted by Crippen LogP contribution is 2.43. The van der Waals surface area contributed by atoms with Crippen molar-refractivity contribution in [3.8, 4) is 0 Å². The van der Waals surface area contributed by atoms with Gasteiger partial charge in [0.25, 0.3) is 0 Å². The third-order valence-corrected chi connectivity index (χ3v) is 5.32. The first kappa shape index (κ1) is 18.8. The van der Waals surface area contributed by atoms with Crippen LogP contribution in [0.15, 0.2) is 35.5 Å². The maximum absolute atomic E-state index is 12.9. The lowest BCUT2D eigenvalue weighted by Gasteiger charge is -2.36. The molecule has 1 aromatic carbocycles. The maximum atomic E-state index is 12.9. The van der Waals surface area contributed by atoms with Crippen LogP contribution in [0.25, 0.3) is 10.9 Å². The molecular formula is C20H22N2O5. The second-order valence-corrected chi connectivity index (χ2v) is 6.67. The minimum Gasteiger partial charge on any atom is -0.464 e. The highest BCUT2D eigenvalue weighted by Gasteiger charge is 2.42. The maximum Gasteiger partial charge on any atom is 0.363 e. The van der Waals surface area contributed by atoms with Gasteiger partial charge in [-0.05, 0) is 25.0 Å². The minimum absolute atomic E-state index is 0.0153. The number of methoxy groups -OCH3 is 1. The number of ether oxygens (including phenoxy) is 1. The standard InChI is InChI=1S/C20H22N2O5/c1-4-20(12-15(23)18(21-27-3)19(25)26-2)10-9-17(24)22-14-8-6-5-7-13(14)11-16(20)22/h5-8,11H,4,9-10,12H2,1-3H3/b21-18-/t20-/m0/s1. The fourth-order valence-corrected chi connectivity index (χ4v) is 3.84. The van der Waals surface area contributed by atoms with E-state index in [0.717, 1.165) is 16.6 Å². The lowest BCUT2D eigenvalue weighted by Crippen LogP contribution is -2.40. The molecule has 1 aliphatic heterocycles. The van der Waals surface area contributed by atoms with Gasteiger partial charge < -0.3 is 9.57 Å². The number of Topliss-reactive ketones (excluding diaryl/α,β-unsaturated/α-hetero) is 1. The van der Waals surface area contributed by atoms with Crippen LogP contribution in [-0.2, 0) is 24.6 Å². The van der Waals surface area contributed by atoms with E-state index in [4.69, 9.17) is 0 Å². The zero-order valence-corrected chi connectivity index (χ0v) is 15.7. The van der Waals surface area contributed by atoms with Crippen LogP contribution in [0.1, 0.15) is 43.1 Å². The summed E-state index contributed by atoms with van der Waals surface area (Å²) in [5, 5.41) is 4.51. The van der Waals surface area contributed by atoms with E-state index < -0.39 is 17.2 Å². The van der Waals surface area contributed by atoms with Crippen molar-refractivity contribution >= 4 is 34.3 Å². The molecule has 27 heavy (non-hydrogen) atoms. The molecule has 0 aliphatic carbocycles. The molecule has 0 fully saturated rings. The smallest absolute Gasteiger partial charge is 0.363 e. The Morgan fingerprint density at radius 2 is 2.00 bits per heavy atom. The van der Waals surface area contributed by atoms with Crippen LogP contribution in [0, 0.1) is 0 Å². The Kier molecular flexibility index (Phi) is 5.12. The van der Waals surface area contributed by atoms with Gasteiger partial charge in [0.05, 0.1) is 12.6 Å². The first-order valence-corrected chi connectivity index (χ1v) is 8.84. The predicted octanol–water partition coefficient (Wildman–Crippen LogP) is 2.86. The third kappa shape index (κ3) is 3.13. The largest absolute Gasteiger partial charge is 0.464 e. The Morgan fingerprint density at radius 3 is 2.67 bits per heavy atom. The molecule has 0 spiro atoms. The van der Waals surface area contributed by atoms with Crippen LogP contribution in [0.4, 0.5) is 0 Å². The summed E-state index contributed by atoms with van der Waals surface area (Å²) in [5.41, 5.74) is 0.707. The predicted molar refractivity (Wildman–Crippen MR) is 99.9 cm³/mol. The molecule has 0 amide bonds. The summed E-state index contributed by atoms with van der Waals surface area (Å²) in [6.45, 7) is 1.98. The van der Waals surface area contributed by atoms with Crippen molar-refractivity contribution in [3.05, 3.63) is 36.0 Å². The minimum atomic E-state index is -0.833. The molecule has 7 heteroatoms. The van der Waals surface area contributed by atoms with Gasteiger partial charge in [-0.1, -0.05) is 30.3 Å². The number of aromatic nitrogens is 1. The molecule has 0 bridgehead atoms. The first-order chi connectivity index (χ1) is 13.0. The van der Waals surface area contributed by atoms with Crippen LogP contribution >= 0.6 is 0 Å². The van der Waals surface area contributed by atoms with Gasteiger partial charge >= 0.3 is 5.97 Å². The van der Waals surface area contributed by atoms with E-state index in [1.54, 1.807) is 4.57 Å². The molecule has 0 saturated heterocycles. The highest BCUT2D eigenvalue weighted by molar-refractivity contribution is 6.64. The summed E-state index contributed by atoms with van der Waals surface area (Å²) in [4.78, 5) is 42.0. The summed E-state index contributed by atoms with van der Waals surface area (Å²) in [6, 6.07) is 9.61. The molecular weight excluding hydrogens is 348 g/mol. The van der Waals surface area contributed by atoms with E-state index >= 15 is 0 Å². The molecule has 2 heterocycles. The monoisotopic (exact) mass is 370 g/mol. The number of rotatable bonds is 6. The second kappa shape index (κ2) is 7.34. The zero-order chi connectivity index (χ0) is 19.6. The van der Waals surface area contributed by atoms with Crippen molar-refractivity contribution in [3.63, 3.8) is 0 Å². The summed E-state index contributed by atoms with van der Waals surface area (Å²) in [7, 11) is 2.45. The van der Waals surface area contributed by atoms with Crippen LogP contribution in [0.3, 0.4) is 0 Å². The van der Waals surface area contributed by atoms with Crippen molar-refractivity contribution in [1.29, 1.82) is 0 Å². The molecule has 0 saturated carbocycles. The summed E-state index contributed by atoms with van der Waals surface area (Å²) in [5.74, 6) is -1.28. The van der Waals surface area contributed by atoms with E-state index in [9.17, 15) is 14.4 Å². The number of fused-ring (bicyclic) bond motifs is 3. The van der Waals surface area contributed by atoms with Crippen molar-refractivity contribution < 1.29 is 24.0 Å². The van der Waals surface area contributed by atoms with Crippen molar-refractivity contribution in [2.75, 3.05) is 14.2 Å². The van der Waals surface area contributed by atoms with Crippen LogP contribution in [0.5, 0.6) is 0 Å². The van der Waals surface area contributed by atoms with Crippen LogP contribution in [0.2, 0.25) is 0 Å². The lowest BCUT2D eigenvalue weighted by molar-refractivity contribution is -0.133. The van der Waals surface area contributed by atoms with Crippen LogP contribution in [-0.4, -0.2) is 42.2 Å². The molecule has 2 aromatic rings. The zero-order valence-electron chi connectivity index (χ0n) is 15.7. The number of hydrogen-bond donors (Lipinski definition) is 0. The topological polar surface area (TPSA) is 87.0 Å².